The van der Waals surface area contributed by atoms with Crippen molar-refractivity contribution < 1.29 is 19.9 Å². The number of anilines is 2. The van der Waals surface area contributed by atoms with Gasteiger partial charge in [-0.2, -0.15) is 0 Å². The number of carbonyl (C=O) groups is 1. The number of hydrogen-bond donors (Lipinski definition) is 5. The first-order chi connectivity index (χ1) is 13.1. The number of likely N-dealkylation sites (N-methyl/N-ethyl adjacent to an activating group) is 1. The van der Waals surface area contributed by atoms with E-state index in [0.29, 0.717) is 12.8 Å². The van der Waals surface area contributed by atoms with E-state index in [-0.39, 0.29) is 42.9 Å². The normalized spacial score (nSPS) is 29.8. The number of rotatable bonds is 8. The molecule has 1 aliphatic carbocycles. The molecule has 1 saturated carbocycles. The molecule has 3 rings (SSSR count). The first kappa shape index (κ1) is 20.8. The Balaban J connectivity index is 1.83. The summed E-state index contributed by atoms with van der Waals surface area (Å²) in [6.07, 6.45) is 2.55. The largest absolute Gasteiger partial charge is 0.480 e. The highest BCUT2D eigenvalue weighted by molar-refractivity contribution is 6.40. The van der Waals surface area contributed by atoms with E-state index in [1.54, 1.807) is 16.8 Å². The number of carboxylic acid groups (broad SMARTS) is 1. The smallest absolute Gasteiger partial charge is 0.451 e. The Hall–Kier alpha value is -1.95. The summed E-state index contributed by atoms with van der Waals surface area (Å²) in [5, 5.41) is 27.7. The van der Waals surface area contributed by atoms with Crippen molar-refractivity contribution in [1.29, 1.82) is 0 Å². The maximum atomic E-state index is 12.3. The van der Waals surface area contributed by atoms with E-state index in [2.05, 4.69) is 0 Å². The highest BCUT2D eigenvalue weighted by atomic mass is 16.4. The molecule has 1 heterocycles. The van der Waals surface area contributed by atoms with E-state index in [9.17, 15) is 19.5 Å². The van der Waals surface area contributed by atoms with Crippen LogP contribution in [0, 0.1) is 5.92 Å². The molecule has 0 aromatic heterocycles. The summed E-state index contributed by atoms with van der Waals surface area (Å²) >= 11 is 0. The lowest BCUT2D eigenvalue weighted by Crippen LogP contribution is -2.58. The van der Waals surface area contributed by atoms with Crippen LogP contribution in [-0.4, -0.2) is 66.0 Å². The molecule has 28 heavy (non-hydrogen) atoms. The van der Waals surface area contributed by atoms with Gasteiger partial charge in [-0.1, -0.05) is 6.42 Å². The minimum Gasteiger partial charge on any atom is -0.480 e. The van der Waals surface area contributed by atoms with Gasteiger partial charge in [0.1, 0.15) is 16.9 Å². The number of hydrogen-bond acceptors (Lipinski definition) is 9. The topological polar surface area (TPSA) is 170 Å². The van der Waals surface area contributed by atoms with E-state index in [0.717, 1.165) is 12.8 Å². The van der Waals surface area contributed by atoms with E-state index < -0.39 is 35.4 Å². The fourth-order valence-electron chi connectivity index (χ4n) is 4.39. The second-order valence-electron chi connectivity index (χ2n) is 8.11. The molecule has 1 aliphatic heterocycles. The lowest BCUT2D eigenvalue weighted by molar-refractivity contribution is -0.144. The summed E-state index contributed by atoms with van der Waals surface area (Å²) in [4.78, 5) is 39.7. The Labute approximate surface area is 162 Å². The number of aliphatic carboxylic acids is 1. The van der Waals surface area contributed by atoms with E-state index in [1.807, 2.05) is 0 Å². The Kier molecular flexibility index (Phi) is 5.54. The number of nitrogens with two attached hydrogens (primary N) is 2. The molecule has 0 bridgehead atoms. The van der Waals surface area contributed by atoms with E-state index in [1.165, 1.54) is 0 Å². The van der Waals surface area contributed by atoms with Crippen LogP contribution in [0.3, 0.4) is 0 Å². The van der Waals surface area contributed by atoms with Gasteiger partial charge in [0.05, 0.1) is 0 Å². The van der Waals surface area contributed by atoms with Gasteiger partial charge in [-0.15, -0.1) is 0 Å². The summed E-state index contributed by atoms with van der Waals surface area (Å²) in [6, 6.07) is -0.0836. The molecule has 4 atom stereocenters. The zero-order valence-corrected chi connectivity index (χ0v) is 15.9. The van der Waals surface area contributed by atoms with Crippen LogP contribution in [-0.2, 0) is 4.79 Å². The van der Waals surface area contributed by atoms with Gasteiger partial charge in [0.25, 0.3) is 10.9 Å². The molecule has 2 aliphatic rings. The lowest BCUT2D eigenvalue weighted by Gasteiger charge is -2.43. The van der Waals surface area contributed by atoms with Crippen LogP contribution in [0.15, 0.2) is 9.59 Å². The molecule has 11 heteroatoms. The standard InChI is InChI=1S/C17H27BN4O6/c1-21(11-5-4-10(11)19)12-13(15(24)14(12)23)22-7-9(3-2-6-18(27)28)17(20,8-22)16(25)26/h9-11,27-28H,2-8,19-20H2,1H3,(H,25,26)/t9-,10?,11?,17-/m0/s1. The first-order valence-corrected chi connectivity index (χ1v) is 9.53. The number of carboxylic acids is 1. The quantitative estimate of drug-likeness (QED) is 0.238. The summed E-state index contributed by atoms with van der Waals surface area (Å²) < 4.78 is 0. The van der Waals surface area contributed by atoms with Crippen molar-refractivity contribution in [1.82, 2.24) is 0 Å². The van der Waals surface area contributed by atoms with Crippen LogP contribution in [0.25, 0.3) is 0 Å². The molecular formula is C17H27BN4O6. The van der Waals surface area contributed by atoms with Gasteiger partial charge in [0.15, 0.2) is 0 Å². The van der Waals surface area contributed by atoms with Gasteiger partial charge in [-0.25, -0.2) is 0 Å². The Morgan fingerprint density at radius 1 is 1.32 bits per heavy atom. The molecule has 1 aromatic carbocycles. The molecule has 0 radical (unpaired) electrons. The monoisotopic (exact) mass is 394 g/mol. The predicted molar refractivity (Wildman–Crippen MR) is 105 cm³/mol. The molecule has 10 nitrogen and oxygen atoms in total. The Bertz CT molecular complexity index is 825. The molecule has 154 valence electrons. The lowest BCUT2D eigenvalue weighted by atomic mass is 9.78. The minimum absolute atomic E-state index is 0.0198. The van der Waals surface area contributed by atoms with Crippen molar-refractivity contribution >= 4 is 24.5 Å². The van der Waals surface area contributed by atoms with Crippen LogP contribution in [0.2, 0.25) is 6.32 Å². The third-order valence-corrected chi connectivity index (χ3v) is 6.35. The Morgan fingerprint density at radius 3 is 2.50 bits per heavy atom. The molecule has 1 aromatic rings. The summed E-state index contributed by atoms with van der Waals surface area (Å²) in [5.41, 5.74) is 9.87. The summed E-state index contributed by atoms with van der Waals surface area (Å²) in [7, 11) is 0.266. The highest BCUT2D eigenvalue weighted by Gasteiger charge is 2.51. The highest BCUT2D eigenvalue weighted by Crippen LogP contribution is 2.37. The maximum Gasteiger partial charge on any atom is 0.451 e. The average molecular weight is 394 g/mol. The van der Waals surface area contributed by atoms with Crippen molar-refractivity contribution in [2.45, 2.75) is 49.6 Å². The predicted octanol–water partition coefficient (Wildman–Crippen LogP) is -2.32. The van der Waals surface area contributed by atoms with Crippen LogP contribution >= 0.6 is 0 Å². The van der Waals surface area contributed by atoms with Crippen molar-refractivity contribution in [3.8, 4) is 0 Å². The average Bonchev–Trinajstić information content (AvgIpc) is 2.94. The summed E-state index contributed by atoms with van der Waals surface area (Å²) in [5.74, 6) is -1.67. The van der Waals surface area contributed by atoms with Crippen molar-refractivity contribution in [2.24, 2.45) is 17.4 Å². The van der Waals surface area contributed by atoms with Crippen LogP contribution in [0.5, 0.6) is 0 Å². The summed E-state index contributed by atoms with van der Waals surface area (Å²) in [6.45, 7) is 0.129. The van der Waals surface area contributed by atoms with Gasteiger partial charge in [-0.3, -0.25) is 14.4 Å². The fourth-order valence-corrected chi connectivity index (χ4v) is 4.39. The van der Waals surface area contributed by atoms with Crippen LogP contribution in [0.1, 0.15) is 25.7 Å². The van der Waals surface area contributed by atoms with Gasteiger partial charge in [0, 0.05) is 38.1 Å². The SMILES string of the molecule is CN(c1c(N2C[C@H](CCCB(O)O)[C@](N)(C(=O)O)C2)c(=O)c1=O)C1CCC1N. The minimum atomic E-state index is -1.58. The third-order valence-electron chi connectivity index (χ3n) is 6.35. The third kappa shape index (κ3) is 3.32. The van der Waals surface area contributed by atoms with E-state index in [4.69, 9.17) is 21.5 Å². The van der Waals surface area contributed by atoms with Crippen LogP contribution in [0.4, 0.5) is 11.4 Å². The van der Waals surface area contributed by atoms with Gasteiger partial charge in [0.2, 0.25) is 0 Å². The number of nitrogens with zero attached hydrogens (tertiary/aromatic N) is 2. The molecule has 2 fully saturated rings. The molecular weight excluding hydrogens is 367 g/mol. The van der Waals surface area contributed by atoms with E-state index >= 15 is 0 Å². The molecule has 7 N–H and O–H groups in total. The second-order valence-corrected chi connectivity index (χ2v) is 8.11. The van der Waals surface area contributed by atoms with Crippen molar-refractivity contribution in [2.75, 3.05) is 29.9 Å². The van der Waals surface area contributed by atoms with Crippen LogP contribution < -0.4 is 32.1 Å². The maximum absolute atomic E-state index is 12.3. The van der Waals surface area contributed by atoms with Gasteiger partial charge >= 0.3 is 13.1 Å². The molecule has 0 amide bonds. The van der Waals surface area contributed by atoms with Crippen molar-refractivity contribution in [3.63, 3.8) is 0 Å². The molecule has 2 unspecified atom stereocenters. The Morgan fingerprint density at radius 2 is 2.00 bits per heavy atom. The molecule has 1 saturated heterocycles. The zero-order valence-electron chi connectivity index (χ0n) is 15.9. The zero-order chi connectivity index (χ0) is 20.8. The fraction of sp³-hybridized carbons (Fsp3) is 0.706. The molecule has 0 spiro atoms. The second kappa shape index (κ2) is 7.47. The van der Waals surface area contributed by atoms with Gasteiger partial charge in [-0.05, 0) is 25.6 Å². The van der Waals surface area contributed by atoms with Gasteiger partial charge < -0.3 is 36.4 Å². The first-order valence-electron chi connectivity index (χ1n) is 9.53. The van der Waals surface area contributed by atoms with Crippen molar-refractivity contribution in [3.05, 3.63) is 20.4 Å².